The monoisotopic (exact) mass is 1460 g/mol. The molecule has 0 unspecified atom stereocenters. The van der Waals surface area contributed by atoms with E-state index in [4.69, 9.17) is 19.9 Å². The Morgan fingerprint density at radius 2 is 0.327 bits per heavy atom. The number of rotatable bonds is 13. The van der Waals surface area contributed by atoms with Crippen LogP contribution in [-0.2, 0) is 0 Å². The molecule has 113 heavy (non-hydrogen) atoms. The van der Waals surface area contributed by atoms with Crippen LogP contribution in [-0.4, -0.2) is 44.9 Å². The first-order chi connectivity index (χ1) is 55.5. The minimum Gasteiger partial charge on any atom is -0.248 e. The van der Waals surface area contributed by atoms with Gasteiger partial charge >= 0.3 is 0 Å². The molecule has 0 saturated heterocycles. The molecular formula is C104H83N9. The minimum atomic E-state index is 0.715. The van der Waals surface area contributed by atoms with Gasteiger partial charge in [-0.15, -0.1) is 0 Å². The third-order valence-electron chi connectivity index (χ3n) is 18.6. The van der Waals surface area contributed by atoms with Crippen molar-refractivity contribution in [1.29, 1.82) is 0 Å². The minimum absolute atomic E-state index is 0.715. The van der Waals surface area contributed by atoms with E-state index in [1.807, 2.05) is 190 Å². The zero-order chi connectivity index (χ0) is 77.3. The van der Waals surface area contributed by atoms with E-state index in [1.54, 1.807) is 0 Å². The van der Waals surface area contributed by atoms with Crippen molar-refractivity contribution in [3.63, 3.8) is 0 Å². The summed E-state index contributed by atoms with van der Waals surface area (Å²) in [6, 6.07) is 140. The van der Waals surface area contributed by atoms with Gasteiger partial charge in [0, 0.05) is 66.9 Å². The van der Waals surface area contributed by atoms with Gasteiger partial charge in [0.2, 0.25) is 0 Å². The highest BCUT2D eigenvalue weighted by molar-refractivity contribution is 5.79. The third kappa shape index (κ3) is 20.6. The molecule has 0 saturated carbocycles. The summed E-state index contributed by atoms with van der Waals surface area (Å²) in [5, 5.41) is 0. The average molecular weight is 1460 g/mol. The topological polar surface area (TPSA) is 116 Å². The van der Waals surface area contributed by atoms with E-state index in [1.165, 1.54) is 38.9 Å². The van der Waals surface area contributed by atoms with Crippen LogP contribution >= 0.6 is 0 Å². The Morgan fingerprint density at radius 1 is 0.133 bits per heavy atom. The standard InChI is InChI=1S/2C24H19N.C23H18N2.C17H14N2.C16H13N3/c1-18-12-14-19(15-13-18)22-16-23(20-8-4-2-5-9-20)25-24(17-22)21-10-6-3-7-11-21;1-18-12-14-21(15-13-18)24-17-22(19-8-4-2-5-9-19)16-23(25-24)20-10-6-3-7-11-20;1-17-12-14-20(15-13-17)23-24-21(18-8-4-2-5-9-18)16-22(25-23)19-10-6-3-7-11-19;1-13-12-16(14-8-4-2-5-9-14)19-17(18-13)15-10-6-3-7-11-15;1-12-17-15(13-8-4-2-5-9-13)19-16(18-12)14-10-6-3-7-11-14/h2*2-17H,1H3;2-16H,1H3;2-12H,1H3;2-11H,1H3. The van der Waals surface area contributed by atoms with Gasteiger partial charge in [-0.1, -0.05) is 393 Å². The average Bonchev–Trinajstić information content (AvgIpc) is 0.933. The molecular weight excluding hydrogens is 1380 g/mol. The molecule has 9 nitrogen and oxygen atoms in total. The smallest absolute Gasteiger partial charge is 0.163 e. The lowest BCUT2D eigenvalue weighted by molar-refractivity contribution is 0.992. The van der Waals surface area contributed by atoms with Gasteiger partial charge in [-0.3, -0.25) is 0 Å². The molecule has 0 aliphatic heterocycles. The SMILES string of the molecule is Cc1cc(-c2ccccc2)nc(-c2ccccc2)n1.Cc1ccc(-c2cc(-c3ccccc3)cc(-c3ccccc3)n2)cc1.Cc1ccc(-c2cc(-c3ccccc3)nc(-c3ccccc3)c2)cc1.Cc1ccc(-c2nc(-c3ccccc3)cc(-c3ccccc3)n2)cc1.Cc1nc(-c2ccccc2)nc(-c2ccccc2)n1. The molecule has 13 aromatic carbocycles. The number of hydrogen-bond donors (Lipinski definition) is 0. The summed E-state index contributed by atoms with van der Waals surface area (Å²) in [5.41, 5.74) is 28.3. The van der Waals surface area contributed by atoms with Crippen LogP contribution in [0.25, 0.3) is 147 Å². The van der Waals surface area contributed by atoms with E-state index >= 15 is 0 Å². The summed E-state index contributed by atoms with van der Waals surface area (Å²) in [4.78, 5) is 42.0. The molecule has 18 rings (SSSR count). The quantitative estimate of drug-likeness (QED) is 0.111. The lowest BCUT2D eigenvalue weighted by Gasteiger charge is -2.10. The number of benzene rings is 13. The Bertz CT molecular complexity index is 5200. The molecule has 0 aliphatic carbocycles. The van der Waals surface area contributed by atoms with E-state index in [2.05, 4.69) is 282 Å². The van der Waals surface area contributed by atoms with E-state index in [9.17, 15) is 0 Å². The molecule has 18 aromatic rings. The Labute approximate surface area is 662 Å². The van der Waals surface area contributed by atoms with E-state index in [-0.39, 0.29) is 0 Å². The molecule has 5 aromatic heterocycles. The molecule has 0 spiro atoms. The van der Waals surface area contributed by atoms with Gasteiger partial charge in [0.25, 0.3) is 0 Å². The lowest BCUT2D eigenvalue weighted by atomic mass is 9.99. The second kappa shape index (κ2) is 37.4. The van der Waals surface area contributed by atoms with Crippen LogP contribution in [0.1, 0.15) is 28.2 Å². The van der Waals surface area contributed by atoms with Crippen LogP contribution in [0.2, 0.25) is 0 Å². The first-order valence-corrected chi connectivity index (χ1v) is 37.8. The fourth-order valence-electron chi connectivity index (χ4n) is 12.7. The summed E-state index contributed by atoms with van der Waals surface area (Å²) in [7, 11) is 0. The highest BCUT2D eigenvalue weighted by atomic mass is 15.0. The van der Waals surface area contributed by atoms with Crippen LogP contribution in [0.3, 0.4) is 0 Å². The molecule has 0 bridgehead atoms. The maximum atomic E-state index is 4.93. The van der Waals surface area contributed by atoms with Crippen molar-refractivity contribution in [3.05, 3.63) is 441 Å². The molecule has 0 N–H and O–H groups in total. The summed E-state index contributed by atoms with van der Waals surface area (Å²) in [6.07, 6.45) is 0. The predicted octanol–water partition coefficient (Wildman–Crippen LogP) is 26.2. The van der Waals surface area contributed by atoms with Crippen molar-refractivity contribution in [2.45, 2.75) is 34.6 Å². The number of nitrogens with zero attached hydrogens (tertiary/aromatic N) is 9. The maximum absolute atomic E-state index is 4.93. The highest BCUT2D eigenvalue weighted by Gasteiger charge is 2.15. The fourth-order valence-corrected chi connectivity index (χ4v) is 12.7. The molecule has 0 radical (unpaired) electrons. The summed E-state index contributed by atoms with van der Waals surface area (Å²) in [5.74, 6) is 3.69. The normalized spacial score (nSPS) is 10.5. The van der Waals surface area contributed by atoms with Gasteiger partial charge in [-0.25, -0.2) is 44.9 Å². The number of aryl methyl sites for hydroxylation is 5. The number of aromatic nitrogens is 9. The van der Waals surface area contributed by atoms with Crippen LogP contribution in [0.4, 0.5) is 0 Å². The fraction of sp³-hybridized carbons (Fsp3) is 0.0481. The predicted molar refractivity (Wildman–Crippen MR) is 467 cm³/mol. The van der Waals surface area contributed by atoms with Crippen molar-refractivity contribution in [1.82, 2.24) is 44.9 Å². The maximum Gasteiger partial charge on any atom is 0.163 e. The summed E-state index contributed by atoms with van der Waals surface area (Å²) < 4.78 is 0. The van der Waals surface area contributed by atoms with E-state index in [0.29, 0.717) is 11.6 Å². The zero-order valence-corrected chi connectivity index (χ0v) is 63.8. The van der Waals surface area contributed by atoms with Crippen molar-refractivity contribution < 1.29 is 0 Å². The molecule has 9 heteroatoms. The second-order valence-corrected chi connectivity index (χ2v) is 27.2. The van der Waals surface area contributed by atoms with Gasteiger partial charge in [-0.05, 0) is 93.3 Å². The molecule has 0 fully saturated rings. The Balaban J connectivity index is 0.000000118. The van der Waals surface area contributed by atoms with Gasteiger partial charge < -0.3 is 0 Å². The van der Waals surface area contributed by atoms with Crippen molar-refractivity contribution in [2.75, 3.05) is 0 Å². The Hall–Kier alpha value is -14.7. The first-order valence-electron chi connectivity index (χ1n) is 37.8. The lowest BCUT2D eigenvalue weighted by Crippen LogP contribution is -1.99. The van der Waals surface area contributed by atoms with Crippen LogP contribution < -0.4 is 0 Å². The molecule has 5 heterocycles. The van der Waals surface area contributed by atoms with Gasteiger partial charge in [-0.2, -0.15) is 0 Å². The highest BCUT2D eigenvalue weighted by Crippen LogP contribution is 2.34. The molecule has 0 aliphatic rings. The van der Waals surface area contributed by atoms with Crippen LogP contribution in [0.15, 0.2) is 413 Å². The van der Waals surface area contributed by atoms with Crippen LogP contribution in [0, 0.1) is 34.6 Å². The van der Waals surface area contributed by atoms with Crippen molar-refractivity contribution >= 4 is 0 Å². The second-order valence-electron chi connectivity index (χ2n) is 27.2. The van der Waals surface area contributed by atoms with E-state index < -0.39 is 0 Å². The van der Waals surface area contributed by atoms with Crippen LogP contribution in [0.5, 0.6) is 0 Å². The van der Waals surface area contributed by atoms with Crippen molar-refractivity contribution in [2.24, 2.45) is 0 Å². The van der Waals surface area contributed by atoms with Gasteiger partial charge in [0.15, 0.2) is 23.3 Å². The number of hydrogen-bond acceptors (Lipinski definition) is 9. The summed E-state index contributed by atoms with van der Waals surface area (Å²) >= 11 is 0. The van der Waals surface area contributed by atoms with Gasteiger partial charge in [0.05, 0.1) is 39.9 Å². The van der Waals surface area contributed by atoms with Crippen molar-refractivity contribution in [3.8, 4) is 147 Å². The Kier molecular flexibility index (Phi) is 24.9. The largest absolute Gasteiger partial charge is 0.248 e. The zero-order valence-electron chi connectivity index (χ0n) is 63.8. The molecule has 0 atom stereocenters. The van der Waals surface area contributed by atoms with E-state index in [0.717, 1.165) is 124 Å². The third-order valence-corrected chi connectivity index (χ3v) is 18.6. The number of pyridine rings is 2. The van der Waals surface area contributed by atoms with Gasteiger partial charge in [0.1, 0.15) is 5.82 Å². The molecule has 0 amide bonds. The molecule has 544 valence electrons. The first kappa shape index (κ1) is 75.2. The summed E-state index contributed by atoms with van der Waals surface area (Å²) in [6.45, 7) is 10.2. The Morgan fingerprint density at radius 3 is 0.619 bits per heavy atom.